The summed E-state index contributed by atoms with van der Waals surface area (Å²) in [7, 11) is 0. The van der Waals surface area contributed by atoms with Crippen LogP contribution in [0.5, 0.6) is 0 Å². The predicted octanol–water partition coefficient (Wildman–Crippen LogP) is 5.03. The Morgan fingerprint density at radius 1 is 0.720 bits per heavy atom. The Hall–Kier alpha value is -3.33. The molecule has 3 nitrogen and oxygen atoms in total. The van der Waals surface area contributed by atoms with Gasteiger partial charge in [-0.15, -0.1) is 0 Å². The molecule has 0 aliphatic carbocycles. The van der Waals surface area contributed by atoms with Gasteiger partial charge in [-0.2, -0.15) is 0 Å². The van der Waals surface area contributed by atoms with Gasteiger partial charge < -0.3 is 4.52 Å². The molecule has 3 heteroatoms. The van der Waals surface area contributed by atoms with Crippen molar-refractivity contribution in [3.63, 3.8) is 0 Å². The molecule has 122 valence electrons. The quantitative estimate of drug-likeness (QED) is 0.521. The number of anilines is 2. The van der Waals surface area contributed by atoms with Crippen LogP contribution in [0.15, 0.2) is 102 Å². The van der Waals surface area contributed by atoms with E-state index in [-0.39, 0.29) is 0 Å². The third-order valence-corrected chi connectivity index (χ3v) is 4.02. The topological polar surface area (TPSA) is 29.0 Å². The van der Waals surface area contributed by atoms with E-state index in [1.54, 1.807) is 0 Å². The smallest absolute Gasteiger partial charge is 0.300 e. The van der Waals surface area contributed by atoms with Gasteiger partial charge in [0.25, 0.3) is 0 Å². The van der Waals surface area contributed by atoms with Crippen LogP contribution in [-0.2, 0) is 6.54 Å². The van der Waals surface area contributed by atoms with Gasteiger partial charge in [-0.1, -0.05) is 83.6 Å². The molecule has 25 heavy (non-hydrogen) atoms. The normalized spacial score (nSPS) is 10.6. The Balaban J connectivity index is 1.70. The summed E-state index contributed by atoms with van der Waals surface area (Å²) >= 11 is 0. The third kappa shape index (κ3) is 3.61. The van der Waals surface area contributed by atoms with Crippen LogP contribution in [0.25, 0.3) is 11.3 Å². The lowest BCUT2D eigenvalue weighted by Gasteiger charge is -2.00. The maximum atomic E-state index is 6.13. The monoisotopic (exact) mass is 327 g/mol. The highest BCUT2D eigenvalue weighted by atomic mass is 16.5. The van der Waals surface area contributed by atoms with Crippen LogP contribution >= 0.6 is 0 Å². The minimum atomic E-state index is 0.669. The minimum Gasteiger partial charge on any atom is -0.300 e. The molecule has 0 atom stereocenters. The van der Waals surface area contributed by atoms with Crippen molar-refractivity contribution in [2.24, 2.45) is 0 Å². The first kappa shape index (κ1) is 15.2. The van der Waals surface area contributed by atoms with E-state index >= 15 is 0 Å². The van der Waals surface area contributed by atoms with Crippen molar-refractivity contribution in [1.29, 1.82) is 0 Å². The van der Waals surface area contributed by atoms with Gasteiger partial charge >= 0.3 is 5.82 Å². The molecule has 0 fully saturated rings. The lowest BCUT2D eigenvalue weighted by atomic mass is 10.2. The highest BCUT2D eigenvalue weighted by Crippen LogP contribution is 2.23. The molecule has 4 aromatic rings. The van der Waals surface area contributed by atoms with Crippen LogP contribution < -0.4 is 10.1 Å². The van der Waals surface area contributed by atoms with E-state index in [4.69, 9.17) is 4.52 Å². The van der Waals surface area contributed by atoms with Gasteiger partial charge in [-0.05, 0) is 17.7 Å². The zero-order valence-corrected chi connectivity index (χ0v) is 13.8. The van der Waals surface area contributed by atoms with Crippen LogP contribution in [-0.4, -0.2) is 0 Å². The third-order valence-electron chi connectivity index (χ3n) is 4.02. The van der Waals surface area contributed by atoms with Crippen molar-refractivity contribution in [2.45, 2.75) is 6.54 Å². The molecule has 0 amide bonds. The predicted molar refractivity (Wildman–Crippen MR) is 99.6 cm³/mol. The van der Waals surface area contributed by atoms with Crippen LogP contribution in [0.1, 0.15) is 5.56 Å². The molecule has 3 aromatic carbocycles. The summed E-state index contributed by atoms with van der Waals surface area (Å²) < 4.78 is 8.02. The van der Waals surface area contributed by atoms with Gasteiger partial charge in [0.15, 0.2) is 12.3 Å². The van der Waals surface area contributed by atoms with Gasteiger partial charge in [-0.3, -0.25) is 0 Å². The van der Waals surface area contributed by atoms with Gasteiger partial charge in [0, 0.05) is 5.56 Å². The molecule has 0 unspecified atom stereocenters. The van der Waals surface area contributed by atoms with E-state index in [1.807, 2.05) is 77.5 Å². The van der Waals surface area contributed by atoms with Crippen LogP contribution in [0.2, 0.25) is 0 Å². The zero-order chi connectivity index (χ0) is 16.9. The second-order valence-corrected chi connectivity index (χ2v) is 5.86. The van der Waals surface area contributed by atoms with Crippen molar-refractivity contribution >= 4 is 11.5 Å². The van der Waals surface area contributed by atoms with Crippen molar-refractivity contribution < 1.29 is 9.26 Å². The number of rotatable bonds is 5. The number of aromatic nitrogens is 1. The number of nitrogens with one attached hydrogen (secondary N) is 1. The molecular formula is C22H19N2O+. The highest BCUT2D eigenvalue weighted by Gasteiger charge is 2.19. The first-order valence-electron chi connectivity index (χ1n) is 8.34. The average Bonchev–Trinajstić information content (AvgIpc) is 3.06. The van der Waals surface area contributed by atoms with Crippen LogP contribution in [0, 0.1) is 0 Å². The van der Waals surface area contributed by atoms with Crippen LogP contribution in [0.3, 0.4) is 0 Å². The second-order valence-electron chi connectivity index (χ2n) is 5.86. The summed E-state index contributed by atoms with van der Waals surface area (Å²) in [5, 5.41) is 3.45. The summed E-state index contributed by atoms with van der Waals surface area (Å²) in [6.07, 6.45) is 0. The molecule has 4 rings (SSSR count). The van der Waals surface area contributed by atoms with Crippen LogP contribution in [0.4, 0.5) is 11.5 Å². The lowest BCUT2D eigenvalue weighted by molar-refractivity contribution is -0.844. The molecule has 0 aliphatic rings. The minimum absolute atomic E-state index is 0.669. The van der Waals surface area contributed by atoms with Crippen molar-refractivity contribution in [3.05, 3.63) is 103 Å². The highest BCUT2D eigenvalue weighted by molar-refractivity contribution is 5.62. The molecule has 1 heterocycles. The average molecular weight is 327 g/mol. The fourth-order valence-electron chi connectivity index (χ4n) is 2.76. The summed E-state index contributed by atoms with van der Waals surface area (Å²) in [5.41, 5.74) is 3.28. The summed E-state index contributed by atoms with van der Waals surface area (Å²) in [5.74, 6) is 1.77. The fraction of sp³-hybridized carbons (Fsp3) is 0.0455. The standard InChI is InChI=1S/C22H18N2O/c1-4-10-18(11-5-1)17-24-22(23-20-14-8-3-9-15-20)16-21(25-24)19-12-6-2-7-13-19/h1-16H,17H2/p+1. The summed E-state index contributed by atoms with van der Waals surface area (Å²) in [6.45, 7) is 0.669. The van der Waals surface area contributed by atoms with E-state index in [2.05, 4.69) is 29.6 Å². The van der Waals surface area contributed by atoms with Gasteiger partial charge in [0.05, 0.1) is 6.07 Å². The first-order chi connectivity index (χ1) is 12.4. The van der Waals surface area contributed by atoms with Gasteiger partial charge in [0.1, 0.15) is 5.69 Å². The molecule has 0 bridgehead atoms. The molecule has 1 aromatic heterocycles. The maximum Gasteiger partial charge on any atom is 0.318 e. The van der Waals surface area contributed by atoms with Gasteiger partial charge in [-0.25, -0.2) is 5.32 Å². The Bertz CT molecular complexity index is 873. The van der Waals surface area contributed by atoms with Crippen molar-refractivity contribution in [2.75, 3.05) is 5.32 Å². The van der Waals surface area contributed by atoms with E-state index in [9.17, 15) is 0 Å². The number of hydrogen-bond acceptors (Lipinski definition) is 2. The van der Waals surface area contributed by atoms with E-state index in [0.717, 1.165) is 22.8 Å². The van der Waals surface area contributed by atoms with Crippen molar-refractivity contribution in [3.8, 4) is 11.3 Å². The number of nitrogens with zero attached hydrogens (tertiary/aromatic N) is 1. The lowest BCUT2D eigenvalue weighted by Crippen LogP contribution is -2.34. The molecule has 0 aliphatic heterocycles. The van der Waals surface area contributed by atoms with Gasteiger partial charge in [0.2, 0.25) is 0 Å². The van der Waals surface area contributed by atoms with Crippen molar-refractivity contribution in [1.82, 2.24) is 0 Å². The van der Waals surface area contributed by atoms with E-state index in [1.165, 1.54) is 5.56 Å². The largest absolute Gasteiger partial charge is 0.318 e. The number of hydrogen-bond donors (Lipinski definition) is 1. The Morgan fingerprint density at radius 3 is 2.00 bits per heavy atom. The second kappa shape index (κ2) is 7.05. The Labute approximate surface area is 147 Å². The molecule has 1 N–H and O–H groups in total. The molecule has 0 spiro atoms. The zero-order valence-electron chi connectivity index (χ0n) is 13.8. The molecule has 0 saturated carbocycles. The van der Waals surface area contributed by atoms with E-state index in [0.29, 0.717) is 6.54 Å². The Morgan fingerprint density at radius 2 is 1.32 bits per heavy atom. The SMILES string of the molecule is c1ccc(C[n+]2oc(-c3ccccc3)cc2Nc2ccccc2)cc1. The fourth-order valence-corrected chi connectivity index (χ4v) is 2.76. The van der Waals surface area contributed by atoms with E-state index < -0.39 is 0 Å². The molecule has 0 radical (unpaired) electrons. The number of benzene rings is 3. The first-order valence-corrected chi connectivity index (χ1v) is 8.34. The molecule has 0 saturated heterocycles. The summed E-state index contributed by atoms with van der Waals surface area (Å²) in [6, 6.07) is 32.6. The molecular weight excluding hydrogens is 308 g/mol. The summed E-state index contributed by atoms with van der Waals surface area (Å²) in [4.78, 5) is 0. The maximum absolute atomic E-state index is 6.13. The number of para-hydroxylation sites is 1. The Kier molecular flexibility index (Phi) is 4.29.